The molecule has 0 radical (unpaired) electrons. The first kappa shape index (κ1) is 19.7. The number of anilines is 1. The number of furan rings is 1. The number of carbonyl (C=O) groups is 2. The molecule has 0 spiro atoms. The van der Waals surface area contributed by atoms with Crippen molar-refractivity contribution in [2.75, 3.05) is 5.32 Å². The fraction of sp³-hybridized carbons (Fsp3) is 0.304. The van der Waals surface area contributed by atoms with E-state index < -0.39 is 12.1 Å². The third kappa shape index (κ3) is 3.79. The van der Waals surface area contributed by atoms with Crippen LogP contribution in [0.5, 0.6) is 0 Å². The van der Waals surface area contributed by atoms with E-state index >= 15 is 0 Å². The van der Waals surface area contributed by atoms with Crippen molar-refractivity contribution in [3.63, 3.8) is 0 Å². The van der Waals surface area contributed by atoms with Gasteiger partial charge in [0.2, 0.25) is 5.76 Å². The fourth-order valence-corrected chi connectivity index (χ4v) is 3.20. The van der Waals surface area contributed by atoms with Crippen molar-refractivity contribution in [2.45, 2.75) is 46.6 Å². The number of hydrogen-bond acceptors (Lipinski definition) is 4. The van der Waals surface area contributed by atoms with Gasteiger partial charge in [0.25, 0.3) is 5.91 Å². The Morgan fingerprint density at radius 3 is 2.39 bits per heavy atom. The summed E-state index contributed by atoms with van der Waals surface area (Å²) in [5.41, 5.74) is 4.09. The lowest BCUT2D eigenvalue weighted by Gasteiger charge is -2.18. The van der Waals surface area contributed by atoms with Crippen LogP contribution >= 0.6 is 0 Å². The van der Waals surface area contributed by atoms with Crippen molar-refractivity contribution in [1.29, 1.82) is 0 Å². The molecular weight excluding hydrogens is 354 g/mol. The SMILES string of the molecule is Cc1cccc(C(C)C)c1NC(=O)[C@@H](C)OC(=O)c1oc2ccccc2c1C. The number of fused-ring (bicyclic) bond motifs is 1. The van der Waals surface area contributed by atoms with Crippen LogP contribution in [0, 0.1) is 13.8 Å². The summed E-state index contributed by atoms with van der Waals surface area (Å²) in [5.74, 6) is -0.644. The Morgan fingerprint density at radius 1 is 1.00 bits per heavy atom. The van der Waals surface area contributed by atoms with E-state index in [9.17, 15) is 9.59 Å². The van der Waals surface area contributed by atoms with E-state index in [1.165, 1.54) is 0 Å². The van der Waals surface area contributed by atoms with Crippen LogP contribution in [0.15, 0.2) is 46.9 Å². The number of para-hydroxylation sites is 2. The lowest BCUT2D eigenvalue weighted by Crippen LogP contribution is -2.30. The van der Waals surface area contributed by atoms with Crippen LogP contribution in [-0.2, 0) is 9.53 Å². The van der Waals surface area contributed by atoms with Gasteiger partial charge < -0.3 is 14.5 Å². The molecule has 3 aromatic rings. The van der Waals surface area contributed by atoms with E-state index in [4.69, 9.17) is 9.15 Å². The maximum atomic E-state index is 12.6. The Hall–Kier alpha value is -3.08. The first-order chi connectivity index (χ1) is 13.3. The summed E-state index contributed by atoms with van der Waals surface area (Å²) < 4.78 is 11.0. The van der Waals surface area contributed by atoms with Crippen LogP contribution in [0.3, 0.4) is 0 Å². The highest BCUT2D eigenvalue weighted by molar-refractivity contribution is 6.00. The van der Waals surface area contributed by atoms with Gasteiger partial charge in [-0.15, -0.1) is 0 Å². The zero-order chi connectivity index (χ0) is 20.4. The maximum absolute atomic E-state index is 12.6. The zero-order valence-corrected chi connectivity index (χ0v) is 16.8. The van der Waals surface area contributed by atoms with Crippen molar-refractivity contribution in [3.8, 4) is 0 Å². The molecule has 1 amide bonds. The third-order valence-corrected chi connectivity index (χ3v) is 4.86. The summed E-state index contributed by atoms with van der Waals surface area (Å²) in [7, 11) is 0. The van der Waals surface area contributed by atoms with Crippen LogP contribution in [0.2, 0.25) is 0 Å². The predicted molar refractivity (Wildman–Crippen MR) is 110 cm³/mol. The van der Waals surface area contributed by atoms with Gasteiger partial charge in [-0.25, -0.2) is 4.79 Å². The highest BCUT2D eigenvalue weighted by Gasteiger charge is 2.25. The molecule has 0 aliphatic rings. The summed E-state index contributed by atoms with van der Waals surface area (Å²) in [6, 6.07) is 13.3. The quantitative estimate of drug-likeness (QED) is 0.606. The Labute approximate surface area is 164 Å². The van der Waals surface area contributed by atoms with Crippen molar-refractivity contribution in [1.82, 2.24) is 0 Å². The maximum Gasteiger partial charge on any atom is 0.375 e. The van der Waals surface area contributed by atoms with E-state index in [-0.39, 0.29) is 17.6 Å². The molecule has 1 N–H and O–H groups in total. The van der Waals surface area contributed by atoms with E-state index in [1.54, 1.807) is 19.9 Å². The van der Waals surface area contributed by atoms with E-state index in [0.29, 0.717) is 11.1 Å². The molecule has 146 valence electrons. The molecule has 1 aromatic heterocycles. The standard InChI is InChI=1S/C23H25NO4/c1-13(2)17-11-8-9-14(3)20(17)24-22(25)16(5)27-23(26)21-15(4)18-10-6-7-12-19(18)28-21/h6-13,16H,1-5H3,(H,24,25)/t16-/m1/s1. The van der Waals surface area contributed by atoms with Gasteiger partial charge in [-0.1, -0.05) is 50.2 Å². The highest BCUT2D eigenvalue weighted by Crippen LogP contribution is 2.28. The average Bonchev–Trinajstić information content (AvgIpc) is 3.00. The second-order valence-corrected chi connectivity index (χ2v) is 7.28. The second-order valence-electron chi connectivity index (χ2n) is 7.28. The Morgan fingerprint density at radius 2 is 1.71 bits per heavy atom. The average molecular weight is 379 g/mol. The van der Waals surface area contributed by atoms with Crippen LogP contribution in [0.1, 0.15) is 53.9 Å². The number of aryl methyl sites for hydroxylation is 2. The van der Waals surface area contributed by atoms with Crippen molar-refractivity contribution < 1.29 is 18.7 Å². The van der Waals surface area contributed by atoms with Crippen molar-refractivity contribution in [2.24, 2.45) is 0 Å². The van der Waals surface area contributed by atoms with Crippen LogP contribution in [-0.4, -0.2) is 18.0 Å². The molecule has 5 nitrogen and oxygen atoms in total. The molecule has 3 rings (SSSR count). The van der Waals surface area contributed by atoms with E-state index in [0.717, 1.165) is 22.2 Å². The largest absolute Gasteiger partial charge is 0.449 e. The van der Waals surface area contributed by atoms with Crippen molar-refractivity contribution in [3.05, 3.63) is 64.9 Å². The van der Waals surface area contributed by atoms with Crippen LogP contribution < -0.4 is 5.32 Å². The summed E-state index contributed by atoms with van der Waals surface area (Å²) in [4.78, 5) is 25.2. The number of benzene rings is 2. The summed E-state index contributed by atoms with van der Waals surface area (Å²) >= 11 is 0. The molecular formula is C23H25NO4. The zero-order valence-electron chi connectivity index (χ0n) is 16.8. The highest BCUT2D eigenvalue weighted by atomic mass is 16.6. The first-order valence-electron chi connectivity index (χ1n) is 9.39. The first-order valence-corrected chi connectivity index (χ1v) is 9.39. The molecule has 0 saturated carbocycles. The Bertz CT molecular complexity index is 1030. The number of rotatable bonds is 5. The predicted octanol–water partition coefficient (Wildman–Crippen LogP) is 5.36. The topological polar surface area (TPSA) is 68.5 Å². The van der Waals surface area contributed by atoms with Gasteiger partial charge in [-0.2, -0.15) is 0 Å². The minimum absolute atomic E-state index is 0.125. The summed E-state index contributed by atoms with van der Waals surface area (Å²) in [6.45, 7) is 9.43. The van der Waals surface area contributed by atoms with Crippen molar-refractivity contribution >= 4 is 28.5 Å². The van der Waals surface area contributed by atoms with Gasteiger partial charge in [-0.3, -0.25) is 4.79 Å². The smallest absolute Gasteiger partial charge is 0.375 e. The van der Waals surface area contributed by atoms with Gasteiger partial charge in [0.1, 0.15) is 5.58 Å². The Kier molecular flexibility index (Phi) is 5.54. The van der Waals surface area contributed by atoms with Crippen LogP contribution in [0.25, 0.3) is 11.0 Å². The van der Waals surface area contributed by atoms with Gasteiger partial charge in [0.05, 0.1) is 0 Å². The number of hydrogen-bond donors (Lipinski definition) is 1. The minimum Gasteiger partial charge on any atom is -0.449 e. The third-order valence-electron chi connectivity index (χ3n) is 4.86. The molecule has 2 aromatic carbocycles. The molecule has 1 atom stereocenters. The van der Waals surface area contributed by atoms with Crippen LogP contribution in [0.4, 0.5) is 5.69 Å². The minimum atomic E-state index is -0.959. The van der Waals surface area contributed by atoms with Gasteiger partial charge in [-0.05, 0) is 43.9 Å². The lowest BCUT2D eigenvalue weighted by molar-refractivity contribution is -0.123. The fourth-order valence-electron chi connectivity index (χ4n) is 3.20. The normalized spacial score (nSPS) is 12.2. The number of amides is 1. The molecule has 0 aliphatic heterocycles. The summed E-state index contributed by atoms with van der Waals surface area (Å²) in [6.07, 6.45) is -0.959. The summed E-state index contributed by atoms with van der Waals surface area (Å²) in [5, 5.41) is 3.77. The van der Waals surface area contributed by atoms with Gasteiger partial charge in [0.15, 0.2) is 6.10 Å². The van der Waals surface area contributed by atoms with Gasteiger partial charge in [0, 0.05) is 16.6 Å². The molecule has 0 bridgehead atoms. The number of ether oxygens (including phenoxy) is 1. The van der Waals surface area contributed by atoms with Gasteiger partial charge >= 0.3 is 5.97 Å². The molecule has 1 heterocycles. The molecule has 28 heavy (non-hydrogen) atoms. The monoisotopic (exact) mass is 379 g/mol. The number of nitrogens with one attached hydrogen (secondary N) is 1. The Balaban J connectivity index is 1.76. The molecule has 0 aliphatic carbocycles. The number of carbonyl (C=O) groups excluding carboxylic acids is 2. The second kappa shape index (κ2) is 7.89. The van der Waals surface area contributed by atoms with E-state index in [2.05, 4.69) is 19.2 Å². The molecule has 0 fully saturated rings. The van der Waals surface area contributed by atoms with E-state index in [1.807, 2.05) is 43.3 Å². The molecule has 5 heteroatoms. The number of esters is 1. The molecule has 0 saturated heterocycles. The lowest BCUT2D eigenvalue weighted by atomic mass is 9.98. The molecule has 0 unspecified atom stereocenters.